The third-order valence-corrected chi connectivity index (χ3v) is 2.36. The van der Waals surface area contributed by atoms with Crippen LogP contribution in [0.5, 0.6) is 11.5 Å². The second-order valence-electron chi connectivity index (χ2n) is 3.31. The Morgan fingerprint density at radius 2 is 1.89 bits per heavy atom. The quantitative estimate of drug-likeness (QED) is 0.584. The summed E-state index contributed by atoms with van der Waals surface area (Å²) in [7, 11) is 2.38. The Bertz CT molecular complexity index is 578. The zero-order valence-electron chi connectivity index (χ0n) is 10.1. The van der Waals surface area contributed by atoms with Crippen LogP contribution in [0.1, 0.15) is 5.56 Å². The number of benzene rings is 1. The highest BCUT2D eigenvalue weighted by atomic mass is 16.6. The molecule has 0 saturated carbocycles. The maximum atomic E-state index is 11.1. The zero-order chi connectivity index (χ0) is 14.6. The highest BCUT2D eigenvalue weighted by Gasteiger charge is 2.33. The van der Waals surface area contributed by atoms with Crippen LogP contribution in [-0.2, 0) is 6.42 Å². The molecule has 1 aromatic rings. The summed E-state index contributed by atoms with van der Waals surface area (Å²) >= 11 is 0. The molecule has 0 atom stereocenters. The molecule has 1 rings (SSSR count). The molecule has 0 radical (unpaired) electrons. The van der Waals surface area contributed by atoms with Crippen LogP contribution in [0, 0.1) is 31.6 Å². The van der Waals surface area contributed by atoms with E-state index in [2.05, 4.69) is 0 Å². The number of nitriles is 1. The fourth-order valence-electron chi connectivity index (χ4n) is 1.61. The molecule has 0 N–H and O–H groups in total. The molecule has 0 heterocycles. The van der Waals surface area contributed by atoms with Crippen molar-refractivity contribution in [2.75, 3.05) is 14.2 Å². The third kappa shape index (κ3) is 2.52. The number of nitro benzene ring substituents is 2. The van der Waals surface area contributed by atoms with Gasteiger partial charge in [0.2, 0.25) is 5.75 Å². The van der Waals surface area contributed by atoms with Crippen LogP contribution < -0.4 is 9.47 Å². The predicted molar refractivity (Wildman–Crippen MR) is 62.2 cm³/mol. The van der Waals surface area contributed by atoms with Crippen LogP contribution >= 0.6 is 0 Å². The lowest BCUT2D eigenvalue weighted by Crippen LogP contribution is -2.05. The van der Waals surface area contributed by atoms with Crippen LogP contribution in [0.15, 0.2) is 6.07 Å². The SMILES string of the molecule is COc1cc([N+](=O)[O-])c(CC#N)c([N+](=O)[O-])c1OC. The van der Waals surface area contributed by atoms with E-state index in [0.717, 1.165) is 6.07 Å². The average Bonchev–Trinajstić information content (AvgIpc) is 2.37. The number of ether oxygens (including phenoxy) is 2. The Morgan fingerprint density at radius 3 is 2.26 bits per heavy atom. The third-order valence-electron chi connectivity index (χ3n) is 2.36. The van der Waals surface area contributed by atoms with E-state index in [4.69, 9.17) is 14.7 Å². The monoisotopic (exact) mass is 267 g/mol. The Morgan fingerprint density at radius 1 is 1.26 bits per heavy atom. The minimum atomic E-state index is -0.832. The van der Waals surface area contributed by atoms with Crippen molar-refractivity contribution in [2.24, 2.45) is 0 Å². The van der Waals surface area contributed by atoms with E-state index in [-0.39, 0.29) is 17.1 Å². The molecule has 0 aromatic heterocycles. The summed E-state index contributed by atoms with van der Waals surface area (Å²) < 4.78 is 9.69. The molecule has 0 unspecified atom stereocenters. The maximum Gasteiger partial charge on any atom is 0.325 e. The van der Waals surface area contributed by atoms with Gasteiger partial charge >= 0.3 is 5.69 Å². The van der Waals surface area contributed by atoms with Crippen molar-refractivity contribution >= 4 is 11.4 Å². The molecule has 0 aliphatic rings. The Hall–Kier alpha value is -2.89. The fourth-order valence-corrected chi connectivity index (χ4v) is 1.61. The molecule has 0 amide bonds. The van der Waals surface area contributed by atoms with E-state index in [1.807, 2.05) is 0 Å². The van der Waals surface area contributed by atoms with Crippen LogP contribution in [0.25, 0.3) is 0 Å². The second-order valence-corrected chi connectivity index (χ2v) is 3.31. The molecule has 9 heteroatoms. The highest BCUT2D eigenvalue weighted by molar-refractivity contribution is 5.68. The summed E-state index contributed by atoms with van der Waals surface area (Å²) in [6.07, 6.45) is -0.479. The fraction of sp³-hybridized carbons (Fsp3) is 0.300. The van der Waals surface area contributed by atoms with Crippen molar-refractivity contribution in [3.05, 3.63) is 31.9 Å². The normalized spacial score (nSPS) is 9.53. The largest absolute Gasteiger partial charge is 0.492 e. The van der Waals surface area contributed by atoms with Crippen LogP contribution in [-0.4, -0.2) is 24.1 Å². The van der Waals surface area contributed by atoms with Crippen molar-refractivity contribution in [1.29, 1.82) is 5.26 Å². The number of methoxy groups -OCH3 is 2. The molecule has 0 fully saturated rings. The first-order valence-corrected chi connectivity index (χ1v) is 4.91. The molecule has 1 aromatic carbocycles. The van der Waals surface area contributed by atoms with Gasteiger partial charge in [-0.2, -0.15) is 5.26 Å². The molecule has 0 bridgehead atoms. The Kier molecular flexibility index (Phi) is 4.20. The van der Waals surface area contributed by atoms with Crippen molar-refractivity contribution in [3.8, 4) is 17.6 Å². The average molecular weight is 267 g/mol. The minimum absolute atomic E-state index is 0.136. The Balaban J connectivity index is 3.79. The van der Waals surface area contributed by atoms with E-state index in [1.54, 1.807) is 6.07 Å². The highest BCUT2D eigenvalue weighted by Crippen LogP contribution is 2.44. The molecule has 9 nitrogen and oxygen atoms in total. The summed E-state index contributed by atoms with van der Waals surface area (Å²) in [5.41, 5.74) is -1.49. The van der Waals surface area contributed by atoms with Gasteiger partial charge in [-0.15, -0.1) is 0 Å². The summed E-state index contributed by atoms with van der Waals surface area (Å²) in [6.45, 7) is 0. The van der Waals surface area contributed by atoms with Crippen molar-refractivity contribution < 1.29 is 19.3 Å². The molecule has 0 aliphatic carbocycles. The van der Waals surface area contributed by atoms with E-state index in [0.29, 0.717) is 0 Å². The summed E-state index contributed by atoms with van der Waals surface area (Å²) in [5, 5.41) is 30.6. The smallest absolute Gasteiger partial charge is 0.325 e. The van der Waals surface area contributed by atoms with Crippen LogP contribution in [0.2, 0.25) is 0 Å². The molecule has 0 aliphatic heterocycles. The van der Waals surface area contributed by atoms with E-state index >= 15 is 0 Å². The predicted octanol–water partition coefficient (Wildman–Crippen LogP) is 1.59. The van der Waals surface area contributed by atoms with Gasteiger partial charge in [-0.25, -0.2) is 0 Å². The van der Waals surface area contributed by atoms with Gasteiger partial charge in [0.15, 0.2) is 5.75 Å². The number of hydrogen-bond donors (Lipinski definition) is 0. The maximum absolute atomic E-state index is 11.1. The second kappa shape index (κ2) is 5.63. The van der Waals surface area contributed by atoms with Gasteiger partial charge < -0.3 is 9.47 Å². The first-order valence-electron chi connectivity index (χ1n) is 4.91. The summed E-state index contributed by atoms with van der Waals surface area (Å²) in [6, 6.07) is 2.66. The summed E-state index contributed by atoms with van der Waals surface area (Å²) in [4.78, 5) is 20.3. The van der Waals surface area contributed by atoms with Gasteiger partial charge in [0.25, 0.3) is 5.69 Å². The lowest BCUT2D eigenvalue weighted by molar-refractivity contribution is -0.396. The van der Waals surface area contributed by atoms with Crippen molar-refractivity contribution in [1.82, 2.24) is 0 Å². The number of nitrogens with zero attached hydrogens (tertiary/aromatic N) is 3. The first-order chi connectivity index (χ1) is 8.97. The van der Waals surface area contributed by atoms with Crippen LogP contribution in [0.3, 0.4) is 0 Å². The number of nitro groups is 2. The first kappa shape index (κ1) is 14.2. The van der Waals surface area contributed by atoms with Gasteiger partial charge in [-0.3, -0.25) is 20.2 Å². The Labute approximate surface area is 107 Å². The van der Waals surface area contributed by atoms with E-state index in [9.17, 15) is 20.2 Å². The topological polar surface area (TPSA) is 129 Å². The number of hydrogen-bond acceptors (Lipinski definition) is 7. The van der Waals surface area contributed by atoms with Gasteiger partial charge in [0.05, 0.1) is 42.6 Å². The van der Waals surface area contributed by atoms with Gasteiger partial charge in [-0.05, 0) is 0 Å². The number of rotatable bonds is 5. The minimum Gasteiger partial charge on any atom is -0.492 e. The van der Waals surface area contributed by atoms with E-state index < -0.39 is 27.6 Å². The van der Waals surface area contributed by atoms with Crippen molar-refractivity contribution in [2.45, 2.75) is 6.42 Å². The molecular formula is C10H9N3O6. The van der Waals surface area contributed by atoms with Crippen molar-refractivity contribution in [3.63, 3.8) is 0 Å². The van der Waals surface area contributed by atoms with Gasteiger partial charge in [-0.1, -0.05) is 0 Å². The lowest BCUT2D eigenvalue weighted by Gasteiger charge is -2.10. The lowest BCUT2D eigenvalue weighted by atomic mass is 10.1. The molecular weight excluding hydrogens is 258 g/mol. The standard InChI is InChI=1S/C10H9N3O6/c1-18-8-5-7(12(14)15)6(3-4-11)9(13(16)17)10(8)19-2/h5H,3H2,1-2H3. The summed E-state index contributed by atoms with van der Waals surface area (Å²) in [5.74, 6) is -0.383. The van der Waals surface area contributed by atoms with Gasteiger partial charge in [0, 0.05) is 0 Å². The molecule has 0 spiro atoms. The molecule has 0 saturated heterocycles. The molecule has 100 valence electrons. The van der Waals surface area contributed by atoms with Crippen LogP contribution in [0.4, 0.5) is 11.4 Å². The van der Waals surface area contributed by atoms with E-state index in [1.165, 1.54) is 14.2 Å². The zero-order valence-corrected chi connectivity index (χ0v) is 10.1. The van der Waals surface area contributed by atoms with Gasteiger partial charge in [0.1, 0.15) is 5.56 Å². The molecule has 19 heavy (non-hydrogen) atoms.